The van der Waals surface area contributed by atoms with Gasteiger partial charge in [-0.1, -0.05) is 13.8 Å². The fraction of sp³-hybridized carbons (Fsp3) is 0.955. The molecule has 4 rings (SSSR count). The highest BCUT2D eigenvalue weighted by atomic mass is 19.4. The molecule has 4 saturated carbocycles. The van der Waals surface area contributed by atoms with Crippen LogP contribution in [0.1, 0.15) is 71.6 Å². The van der Waals surface area contributed by atoms with Crippen LogP contribution in [0.15, 0.2) is 0 Å². The number of carbonyl (C=O) groups is 1. The number of halogens is 3. The smallest absolute Gasteiger partial charge is 0.303 e. The maximum absolute atomic E-state index is 13.2. The molecule has 0 aliphatic heterocycles. The minimum absolute atomic E-state index is 0.139. The molecule has 0 N–H and O–H groups in total. The molecular weight excluding hydrogens is 337 g/mol. The number of aldehydes is 1. The van der Waals surface area contributed by atoms with Gasteiger partial charge in [-0.2, -0.15) is 13.2 Å². The SMILES string of the molecule is C[C@H](C=O)C1CCC2C3CCC4CC(C(F)(F)F)CCC4C3CCC21C. The third-order valence-corrected chi connectivity index (χ3v) is 9.34. The minimum Gasteiger partial charge on any atom is -0.303 e. The van der Waals surface area contributed by atoms with Crippen LogP contribution in [0.4, 0.5) is 13.2 Å². The Labute approximate surface area is 155 Å². The fourth-order valence-electron chi connectivity index (χ4n) is 8.15. The van der Waals surface area contributed by atoms with E-state index in [9.17, 15) is 18.0 Å². The molecule has 0 aromatic carbocycles. The average molecular weight is 370 g/mol. The summed E-state index contributed by atoms with van der Waals surface area (Å²) in [7, 11) is 0. The Morgan fingerprint density at radius 3 is 2.38 bits per heavy atom. The second-order valence-corrected chi connectivity index (χ2v) is 10.2. The molecule has 0 radical (unpaired) electrons. The molecule has 0 aromatic rings. The van der Waals surface area contributed by atoms with Gasteiger partial charge in [-0.15, -0.1) is 0 Å². The Hall–Kier alpha value is -0.540. The number of alkyl halides is 3. The van der Waals surface area contributed by atoms with E-state index in [-0.39, 0.29) is 11.3 Å². The van der Waals surface area contributed by atoms with Gasteiger partial charge in [0, 0.05) is 5.92 Å². The first-order chi connectivity index (χ1) is 12.3. The van der Waals surface area contributed by atoms with Crippen molar-refractivity contribution < 1.29 is 18.0 Å². The minimum atomic E-state index is -4.00. The number of hydrogen-bond acceptors (Lipinski definition) is 1. The van der Waals surface area contributed by atoms with Crippen LogP contribution < -0.4 is 0 Å². The zero-order valence-corrected chi connectivity index (χ0v) is 16.1. The molecule has 0 spiro atoms. The lowest BCUT2D eigenvalue weighted by Gasteiger charge is -2.56. The summed E-state index contributed by atoms with van der Waals surface area (Å²) in [6.45, 7) is 4.49. The van der Waals surface area contributed by atoms with Gasteiger partial charge in [0.05, 0.1) is 5.92 Å². The second kappa shape index (κ2) is 6.51. The second-order valence-electron chi connectivity index (χ2n) is 10.2. The number of carbonyl (C=O) groups excluding carboxylic acids is 1. The van der Waals surface area contributed by atoms with Gasteiger partial charge in [0.2, 0.25) is 0 Å². The molecule has 0 aromatic heterocycles. The molecule has 4 heteroatoms. The van der Waals surface area contributed by atoms with Crippen molar-refractivity contribution in [3.05, 3.63) is 0 Å². The predicted octanol–water partition coefficient (Wildman–Crippen LogP) is 6.27. The van der Waals surface area contributed by atoms with Gasteiger partial charge in [-0.25, -0.2) is 0 Å². The third kappa shape index (κ3) is 2.85. The molecule has 8 unspecified atom stereocenters. The van der Waals surface area contributed by atoms with E-state index >= 15 is 0 Å². The Balaban J connectivity index is 1.50. The van der Waals surface area contributed by atoms with E-state index in [1.807, 2.05) is 0 Å². The number of rotatable bonds is 2. The third-order valence-electron chi connectivity index (χ3n) is 9.34. The first-order valence-electron chi connectivity index (χ1n) is 10.8. The summed E-state index contributed by atoms with van der Waals surface area (Å²) < 4.78 is 39.6. The van der Waals surface area contributed by atoms with Crippen LogP contribution in [0.2, 0.25) is 0 Å². The summed E-state index contributed by atoms with van der Waals surface area (Å²) in [6, 6.07) is 0. The Morgan fingerprint density at radius 1 is 0.962 bits per heavy atom. The van der Waals surface area contributed by atoms with E-state index in [0.717, 1.165) is 32.0 Å². The number of fused-ring (bicyclic) bond motifs is 5. The van der Waals surface area contributed by atoms with E-state index in [0.29, 0.717) is 48.3 Å². The summed E-state index contributed by atoms with van der Waals surface area (Å²) in [5.74, 6) is 2.44. The molecule has 26 heavy (non-hydrogen) atoms. The standard InChI is InChI=1S/C22H33F3O/c1-13(12-26)19-7-8-20-18-5-3-14-11-15(22(23,24)25)4-6-16(14)17(18)9-10-21(19,20)2/h12-20H,3-11H2,1-2H3/t13-,14?,15?,16?,17?,18?,19?,20?,21?/m1/s1. The molecule has 148 valence electrons. The van der Waals surface area contributed by atoms with Crippen molar-refractivity contribution in [3.8, 4) is 0 Å². The van der Waals surface area contributed by atoms with Crippen molar-refractivity contribution in [2.75, 3.05) is 0 Å². The highest BCUT2D eigenvalue weighted by Crippen LogP contribution is 2.65. The normalized spacial score (nSPS) is 49.7. The monoisotopic (exact) mass is 370 g/mol. The van der Waals surface area contributed by atoms with Crippen LogP contribution in [0, 0.1) is 52.8 Å². The maximum Gasteiger partial charge on any atom is 0.391 e. The molecule has 4 aliphatic rings. The van der Waals surface area contributed by atoms with Gasteiger partial charge in [-0.05, 0) is 98.7 Å². The summed E-state index contributed by atoms with van der Waals surface area (Å²) in [5.41, 5.74) is 0.275. The highest BCUT2D eigenvalue weighted by Gasteiger charge is 2.58. The number of hydrogen-bond donors (Lipinski definition) is 0. The topological polar surface area (TPSA) is 17.1 Å². The van der Waals surface area contributed by atoms with Crippen molar-refractivity contribution in [2.45, 2.75) is 77.8 Å². The molecule has 0 heterocycles. The van der Waals surface area contributed by atoms with Crippen LogP contribution in [-0.2, 0) is 4.79 Å². The van der Waals surface area contributed by atoms with E-state index in [2.05, 4.69) is 13.8 Å². The molecule has 0 amide bonds. The lowest BCUT2D eigenvalue weighted by atomic mass is 9.49. The summed E-state index contributed by atoms with van der Waals surface area (Å²) >= 11 is 0. The molecular formula is C22H33F3O. The van der Waals surface area contributed by atoms with E-state index in [4.69, 9.17) is 0 Å². The lowest BCUT2D eigenvalue weighted by molar-refractivity contribution is -0.196. The van der Waals surface area contributed by atoms with Crippen LogP contribution in [0.25, 0.3) is 0 Å². The Morgan fingerprint density at radius 2 is 1.69 bits per heavy atom. The predicted molar refractivity (Wildman–Crippen MR) is 95.4 cm³/mol. The van der Waals surface area contributed by atoms with Crippen molar-refractivity contribution >= 4 is 6.29 Å². The molecule has 4 aliphatic carbocycles. The molecule has 0 saturated heterocycles. The zero-order chi connectivity index (χ0) is 18.7. The largest absolute Gasteiger partial charge is 0.391 e. The quantitative estimate of drug-likeness (QED) is 0.524. The van der Waals surface area contributed by atoms with Gasteiger partial charge in [0.25, 0.3) is 0 Å². The Bertz CT molecular complexity index is 544. The summed E-state index contributed by atoms with van der Waals surface area (Å²) in [6.07, 6.45) is 5.51. The molecule has 4 fully saturated rings. The maximum atomic E-state index is 13.2. The van der Waals surface area contributed by atoms with Crippen molar-refractivity contribution in [2.24, 2.45) is 52.8 Å². The van der Waals surface area contributed by atoms with E-state index in [1.165, 1.54) is 19.3 Å². The van der Waals surface area contributed by atoms with Gasteiger partial charge in [-0.3, -0.25) is 0 Å². The van der Waals surface area contributed by atoms with E-state index in [1.54, 1.807) is 0 Å². The van der Waals surface area contributed by atoms with Gasteiger partial charge in [0.15, 0.2) is 0 Å². The lowest BCUT2D eigenvalue weighted by Crippen LogP contribution is -2.49. The van der Waals surface area contributed by atoms with Crippen molar-refractivity contribution in [1.82, 2.24) is 0 Å². The first-order valence-corrected chi connectivity index (χ1v) is 10.8. The Kier molecular flexibility index (Phi) is 4.71. The van der Waals surface area contributed by atoms with Crippen molar-refractivity contribution in [3.63, 3.8) is 0 Å². The summed E-state index contributed by atoms with van der Waals surface area (Å²) in [5, 5.41) is 0. The fourth-order valence-corrected chi connectivity index (χ4v) is 8.15. The van der Waals surface area contributed by atoms with Crippen LogP contribution in [-0.4, -0.2) is 12.5 Å². The highest BCUT2D eigenvalue weighted by molar-refractivity contribution is 5.53. The first kappa shape index (κ1) is 18.8. The van der Waals surface area contributed by atoms with Crippen LogP contribution in [0.3, 0.4) is 0 Å². The van der Waals surface area contributed by atoms with Gasteiger partial charge >= 0.3 is 6.18 Å². The van der Waals surface area contributed by atoms with Gasteiger partial charge in [0.1, 0.15) is 6.29 Å². The average Bonchev–Trinajstić information content (AvgIpc) is 2.96. The zero-order valence-electron chi connectivity index (χ0n) is 16.1. The van der Waals surface area contributed by atoms with Crippen LogP contribution >= 0.6 is 0 Å². The van der Waals surface area contributed by atoms with Crippen LogP contribution in [0.5, 0.6) is 0 Å². The summed E-state index contributed by atoms with van der Waals surface area (Å²) in [4.78, 5) is 11.4. The molecule has 1 nitrogen and oxygen atoms in total. The molecule has 9 atom stereocenters. The van der Waals surface area contributed by atoms with E-state index < -0.39 is 12.1 Å². The molecule has 0 bridgehead atoms. The van der Waals surface area contributed by atoms with Gasteiger partial charge < -0.3 is 4.79 Å². The van der Waals surface area contributed by atoms with Crippen molar-refractivity contribution in [1.29, 1.82) is 0 Å².